The van der Waals surface area contributed by atoms with Gasteiger partial charge in [-0.15, -0.1) is 11.3 Å². The number of anilines is 1. The number of nitrogens with one attached hydrogen (secondary N) is 1. The predicted molar refractivity (Wildman–Crippen MR) is 110 cm³/mol. The molecule has 1 aromatic heterocycles. The van der Waals surface area contributed by atoms with Crippen molar-refractivity contribution in [3.05, 3.63) is 44.2 Å². The van der Waals surface area contributed by atoms with Crippen LogP contribution in [0.3, 0.4) is 0 Å². The number of amides is 1. The number of rotatable bonds is 4. The highest BCUT2D eigenvalue weighted by atomic mass is 35.5. The monoisotopic (exact) mass is 422 g/mol. The van der Waals surface area contributed by atoms with Gasteiger partial charge in [-0.05, 0) is 56.4 Å². The second kappa shape index (κ2) is 8.97. The number of carbonyl (C=O) groups excluding carboxylic acids is 1. The van der Waals surface area contributed by atoms with Gasteiger partial charge in [0.2, 0.25) is 0 Å². The minimum Gasteiger partial charge on any atom is -0.479 e. The van der Waals surface area contributed by atoms with Crippen LogP contribution in [0.1, 0.15) is 48.6 Å². The number of fused-ring (bicyclic) bond motifs is 1. The van der Waals surface area contributed by atoms with E-state index in [-0.39, 0.29) is 5.91 Å². The Balaban J connectivity index is 1.75. The van der Waals surface area contributed by atoms with Gasteiger partial charge in [0.05, 0.1) is 10.6 Å². The number of halogens is 2. The molecule has 3 rings (SSSR count). The largest absolute Gasteiger partial charge is 0.479 e. The number of benzene rings is 1. The summed E-state index contributed by atoms with van der Waals surface area (Å²) in [5.74, 6) is 0.0782. The second-order valence-electron chi connectivity index (χ2n) is 6.56. The Morgan fingerprint density at radius 2 is 2.00 bits per heavy atom. The van der Waals surface area contributed by atoms with Gasteiger partial charge in [0.25, 0.3) is 5.91 Å². The van der Waals surface area contributed by atoms with Crippen molar-refractivity contribution in [3.63, 3.8) is 0 Å². The molecule has 4 nitrogen and oxygen atoms in total. The van der Waals surface area contributed by atoms with Crippen LogP contribution in [0.4, 0.5) is 5.00 Å². The van der Waals surface area contributed by atoms with Crippen LogP contribution in [0.2, 0.25) is 10.0 Å². The van der Waals surface area contributed by atoms with Crippen molar-refractivity contribution in [2.75, 3.05) is 5.32 Å². The van der Waals surface area contributed by atoms with Crippen LogP contribution in [0.15, 0.2) is 18.2 Å². The first-order valence-electron chi connectivity index (χ1n) is 8.96. The third kappa shape index (κ3) is 4.76. The molecule has 0 aliphatic heterocycles. The van der Waals surface area contributed by atoms with Gasteiger partial charge >= 0.3 is 0 Å². The molecular weight excluding hydrogens is 403 g/mol. The summed E-state index contributed by atoms with van der Waals surface area (Å²) >= 11 is 13.5. The van der Waals surface area contributed by atoms with Crippen molar-refractivity contribution in [2.24, 2.45) is 0 Å². The van der Waals surface area contributed by atoms with Crippen molar-refractivity contribution < 1.29 is 9.53 Å². The van der Waals surface area contributed by atoms with Gasteiger partial charge in [0, 0.05) is 9.90 Å². The van der Waals surface area contributed by atoms with E-state index >= 15 is 0 Å². The first-order valence-corrected chi connectivity index (χ1v) is 10.5. The first kappa shape index (κ1) is 20.0. The van der Waals surface area contributed by atoms with E-state index in [9.17, 15) is 10.1 Å². The number of hydrogen-bond donors (Lipinski definition) is 1. The summed E-state index contributed by atoms with van der Waals surface area (Å²) in [6, 6.07) is 7.13. The molecule has 0 spiro atoms. The fourth-order valence-corrected chi connectivity index (χ4v) is 4.85. The van der Waals surface area contributed by atoms with Crippen molar-refractivity contribution in [3.8, 4) is 11.8 Å². The van der Waals surface area contributed by atoms with Crippen LogP contribution in [-0.4, -0.2) is 12.0 Å². The van der Waals surface area contributed by atoms with Crippen LogP contribution in [0.5, 0.6) is 5.75 Å². The second-order valence-corrected chi connectivity index (χ2v) is 8.51. The minimum absolute atomic E-state index is 0.313. The maximum Gasteiger partial charge on any atom is 0.265 e. The summed E-state index contributed by atoms with van der Waals surface area (Å²) < 4.78 is 5.67. The van der Waals surface area contributed by atoms with Gasteiger partial charge in [0.15, 0.2) is 6.10 Å². The van der Waals surface area contributed by atoms with Gasteiger partial charge in [-0.25, -0.2) is 0 Å². The normalized spacial score (nSPS) is 15.0. The van der Waals surface area contributed by atoms with E-state index < -0.39 is 6.10 Å². The van der Waals surface area contributed by atoms with E-state index in [4.69, 9.17) is 27.9 Å². The van der Waals surface area contributed by atoms with E-state index in [1.54, 1.807) is 25.1 Å². The molecule has 2 aromatic rings. The maximum atomic E-state index is 12.6. The molecule has 0 bridgehead atoms. The molecule has 0 fully saturated rings. The summed E-state index contributed by atoms with van der Waals surface area (Å²) in [6.07, 6.45) is 5.72. The molecule has 1 atom stereocenters. The molecule has 1 N–H and O–H groups in total. The molecular formula is C20H20Cl2N2O2S. The van der Waals surface area contributed by atoms with Crippen LogP contribution in [0, 0.1) is 11.3 Å². The van der Waals surface area contributed by atoms with E-state index in [0.29, 0.717) is 26.4 Å². The number of nitriles is 1. The topological polar surface area (TPSA) is 62.1 Å². The molecule has 1 amide bonds. The number of aryl methyl sites for hydroxylation is 1. The number of carbonyl (C=O) groups is 1. The first-order chi connectivity index (χ1) is 13.0. The number of hydrogen-bond acceptors (Lipinski definition) is 4. The average Bonchev–Trinajstić information content (AvgIpc) is 2.92. The summed E-state index contributed by atoms with van der Waals surface area (Å²) in [5.41, 5.74) is 1.70. The molecule has 7 heteroatoms. The van der Waals surface area contributed by atoms with Crippen LogP contribution in [-0.2, 0) is 17.6 Å². The molecule has 1 aromatic carbocycles. The van der Waals surface area contributed by atoms with Gasteiger partial charge in [0.1, 0.15) is 16.8 Å². The van der Waals surface area contributed by atoms with E-state index in [0.717, 1.165) is 31.2 Å². The SMILES string of the molecule is CC(Oc1ccc(Cl)cc1Cl)C(=O)Nc1sc2c(c1C#N)CCCCCC2. The van der Waals surface area contributed by atoms with Crippen molar-refractivity contribution in [2.45, 2.75) is 51.6 Å². The van der Waals surface area contributed by atoms with Gasteiger partial charge in [-0.2, -0.15) is 5.26 Å². The highest BCUT2D eigenvalue weighted by molar-refractivity contribution is 7.16. The Morgan fingerprint density at radius 1 is 1.26 bits per heavy atom. The average molecular weight is 423 g/mol. The van der Waals surface area contributed by atoms with E-state index in [1.165, 1.54) is 29.1 Å². The third-order valence-corrected chi connectivity index (χ3v) is 6.32. The summed E-state index contributed by atoms with van der Waals surface area (Å²) in [4.78, 5) is 13.8. The number of thiophene rings is 1. The molecule has 0 saturated carbocycles. The van der Waals surface area contributed by atoms with Crippen molar-refractivity contribution >= 4 is 45.4 Å². The Bertz CT molecular complexity index is 889. The van der Waals surface area contributed by atoms with Crippen molar-refractivity contribution in [1.82, 2.24) is 0 Å². The molecule has 1 aliphatic rings. The molecule has 1 unspecified atom stereocenters. The summed E-state index contributed by atoms with van der Waals surface area (Å²) in [6.45, 7) is 1.65. The summed E-state index contributed by atoms with van der Waals surface area (Å²) in [7, 11) is 0. The maximum absolute atomic E-state index is 12.6. The van der Waals surface area contributed by atoms with E-state index in [1.807, 2.05) is 0 Å². The van der Waals surface area contributed by atoms with Gasteiger partial charge in [-0.1, -0.05) is 36.0 Å². The fourth-order valence-electron chi connectivity index (χ4n) is 3.15. The molecule has 1 heterocycles. The molecule has 1 aliphatic carbocycles. The van der Waals surface area contributed by atoms with Crippen LogP contribution >= 0.6 is 34.5 Å². The highest BCUT2D eigenvalue weighted by Gasteiger charge is 2.23. The number of nitrogens with zero attached hydrogens (tertiary/aromatic N) is 1. The molecule has 0 radical (unpaired) electrons. The summed E-state index contributed by atoms with van der Waals surface area (Å²) in [5, 5.41) is 14.0. The lowest BCUT2D eigenvalue weighted by Gasteiger charge is -2.15. The lowest BCUT2D eigenvalue weighted by Crippen LogP contribution is -2.30. The quantitative estimate of drug-likeness (QED) is 0.657. The van der Waals surface area contributed by atoms with E-state index in [2.05, 4.69) is 11.4 Å². The fraction of sp³-hybridized carbons (Fsp3) is 0.400. The smallest absolute Gasteiger partial charge is 0.265 e. The Kier molecular flexibility index (Phi) is 6.64. The Labute approximate surface area is 173 Å². The van der Waals surface area contributed by atoms with Gasteiger partial charge in [-0.3, -0.25) is 4.79 Å². The molecule has 142 valence electrons. The zero-order valence-corrected chi connectivity index (χ0v) is 17.3. The Morgan fingerprint density at radius 3 is 2.70 bits per heavy atom. The lowest BCUT2D eigenvalue weighted by molar-refractivity contribution is -0.122. The van der Waals surface area contributed by atoms with Crippen molar-refractivity contribution in [1.29, 1.82) is 5.26 Å². The number of ether oxygens (including phenoxy) is 1. The van der Waals surface area contributed by atoms with Crippen LogP contribution < -0.4 is 10.1 Å². The predicted octanol–water partition coefficient (Wildman–Crippen LogP) is 5.99. The third-order valence-electron chi connectivity index (χ3n) is 4.59. The minimum atomic E-state index is -0.764. The molecule has 27 heavy (non-hydrogen) atoms. The van der Waals surface area contributed by atoms with Gasteiger partial charge < -0.3 is 10.1 Å². The molecule has 0 saturated heterocycles. The zero-order valence-electron chi connectivity index (χ0n) is 15.0. The zero-order chi connectivity index (χ0) is 19.4. The highest BCUT2D eigenvalue weighted by Crippen LogP contribution is 2.37. The lowest BCUT2D eigenvalue weighted by atomic mass is 9.97. The standard InChI is InChI=1S/C20H20Cl2N2O2S/c1-12(26-17-9-8-13(21)10-16(17)22)19(25)24-20-15(11-23)14-6-4-2-3-5-7-18(14)27-20/h8-10,12H,2-7H2,1H3,(H,24,25). The van der Waals surface area contributed by atoms with Crippen LogP contribution in [0.25, 0.3) is 0 Å². The Hall–Kier alpha value is -1.74.